The summed E-state index contributed by atoms with van der Waals surface area (Å²) in [6, 6.07) is 5.46. The zero-order valence-corrected chi connectivity index (χ0v) is 11.2. The summed E-state index contributed by atoms with van der Waals surface area (Å²) in [5.74, 6) is -0.0482. The molecule has 1 aliphatic rings. The number of carbonyl (C=O) groups excluding carboxylic acids is 1. The van der Waals surface area contributed by atoms with Crippen LogP contribution in [0.4, 0.5) is 0 Å². The molecule has 0 amide bonds. The first-order valence-electron chi connectivity index (χ1n) is 6.40. The molecule has 2 rings (SSSR count). The van der Waals surface area contributed by atoms with Crippen molar-refractivity contribution in [2.45, 2.75) is 32.6 Å². The predicted octanol–water partition coefficient (Wildman–Crippen LogP) is 2.70. The second-order valence-corrected chi connectivity index (χ2v) is 5.31. The van der Waals surface area contributed by atoms with Gasteiger partial charge in [-0.05, 0) is 43.0 Å². The number of benzene rings is 1. The maximum Gasteiger partial charge on any atom is 0.303 e. The molecule has 0 spiro atoms. The van der Waals surface area contributed by atoms with Crippen molar-refractivity contribution >= 4 is 11.8 Å². The van der Waals surface area contributed by atoms with Crippen LogP contribution < -0.4 is 4.74 Å². The van der Waals surface area contributed by atoms with Crippen molar-refractivity contribution in [3.63, 3.8) is 0 Å². The number of fused-ring (bicyclic) bond motifs is 1. The van der Waals surface area contributed by atoms with E-state index in [1.807, 2.05) is 13.0 Å². The van der Waals surface area contributed by atoms with Crippen LogP contribution in [-0.2, 0) is 11.2 Å². The van der Waals surface area contributed by atoms with Crippen LogP contribution in [-0.4, -0.2) is 24.0 Å². The zero-order chi connectivity index (χ0) is 14.0. The number of carbonyl (C=O) groups is 2. The SMILES string of the molecule is COc1ccc2c(c1)CCC(C)(CCC(=O)O)C2=O. The maximum absolute atomic E-state index is 12.5. The predicted molar refractivity (Wildman–Crippen MR) is 70.6 cm³/mol. The van der Waals surface area contributed by atoms with Crippen molar-refractivity contribution in [2.75, 3.05) is 7.11 Å². The summed E-state index contributed by atoms with van der Waals surface area (Å²) in [6.07, 6.45) is 1.91. The Balaban J connectivity index is 2.26. The highest BCUT2D eigenvalue weighted by atomic mass is 16.5. The highest BCUT2D eigenvalue weighted by Crippen LogP contribution is 2.39. The molecule has 4 nitrogen and oxygen atoms in total. The van der Waals surface area contributed by atoms with E-state index in [9.17, 15) is 9.59 Å². The Hall–Kier alpha value is -1.84. The molecule has 0 saturated heterocycles. The van der Waals surface area contributed by atoms with Crippen LogP contribution in [0.1, 0.15) is 42.1 Å². The van der Waals surface area contributed by atoms with E-state index in [1.165, 1.54) is 0 Å². The molecule has 0 aromatic heterocycles. The van der Waals surface area contributed by atoms with Crippen molar-refractivity contribution in [2.24, 2.45) is 5.41 Å². The van der Waals surface area contributed by atoms with Crippen molar-refractivity contribution in [3.8, 4) is 5.75 Å². The standard InChI is InChI=1S/C15H18O4/c1-15(8-6-13(16)17)7-5-10-9-11(19-2)3-4-12(10)14(15)18/h3-4,9H,5-8H2,1-2H3,(H,16,17). The third-order valence-corrected chi connectivity index (χ3v) is 3.94. The Kier molecular flexibility index (Phi) is 3.60. The first kappa shape index (κ1) is 13.6. The lowest BCUT2D eigenvalue weighted by atomic mass is 9.69. The van der Waals surface area contributed by atoms with Gasteiger partial charge < -0.3 is 9.84 Å². The van der Waals surface area contributed by atoms with E-state index in [4.69, 9.17) is 9.84 Å². The van der Waals surface area contributed by atoms with Crippen LogP contribution in [0.3, 0.4) is 0 Å². The lowest BCUT2D eigenvalue weighted by Crippen LogP contribution is -2.33. The Morgan fingerprint density at radius 1 is 1.47 bits per heavy atom. The quantitative estimate of drug-likeness (QED) is 0.906. The monoisotopic (exact) mass is 262 g/mol. The van der Waals surface area contributed by atoms with Crippen LogP contribution in [0.25, 0.3) is 0 Å². The Morgan fingerprint density at radius 3 is 2.84 bits per heavy atom. The molecule has 1 atom stereocenters. The number of carboxylic acid groups (broad SMARTS) is 1. The molecule has 1 aromatic carbocycles. The van der Waals surface area contributed by atoms with Crippen molar-refractivity contribution < 1.29 is 19.4 Å². The van der Waals surface area contributed by atoms with E-state index in [0.29, 0.717) is 18.4 Å². The lowest BCUT2D eigenvalue weighted by molar-refractivity contribution is -0.137. The van der Waals surface area contributed by atoms with Crippen molar-refractivity contribution in [1.29, 1.82) is 0 Å². The second kappa shape index (κ2) is 5.03. The van der Waals surface area contributed by atoms with E-state index in [-0.39, 0.29) is 12.2 Å². The molecule has 1 aliphatic carbocycles. The third kappa shape index (κ3) is 2.62. The first-order valence-corrected chi connectivity index (χ1v) is 6.40. The van der Waals surface area contributed by atoms with Gasteiger partial charge in [0.15, 0.2) is 5.78 Å². The van der Waals surface area contributed by atoms with Gasteiger partial charge in [-0.3, -0.25) is 9.59 Å². The summed E-state index contributed by atoms with van der Waals surface area (Å²) < 4.78 is 5.16. The second-order valence-electron chi connectivity index (χ2n) is 5.31. The number of carboxylic acids is 1. The van der Waals surface area contributed by atoms with Crippen LogP contribution in [0.5, 0.6) is 5.75 Å². The molecule has 102 valence electrons. The molecular weight excluding hydrogens is 244 g/mol. The van der Waals surface area contributed by atoms with Crippen molar-refractivity contribution in [3.05, 3.63) is 29.3 Å². The summed E-state index contributed by atoms with van der Waals surface area (Å²) >= 11 is 0. The Labute approximate surface area is 112 Å². The minimum Gasteiger partial charge on any atom is -0.497 e. The number of Topliss-reactive ketones (excluding diaryl/α,β-unsaturated/α-hetero) is 1. The van der Waals surface area contributed by atoms with Gasteiger partial charge in [0.25, 0.3) is 0 Å². The molecule has 0 fully saturated rings. The smallest absolute Gasteiger partial charge is 0.303 e. The molecule has 1 N–H and O–H groups in total. The fourth-order valence-electron chi connectivity index (χ4n) is 2.60. The summed E-state index contributed by atoms with van der Waals surface area (Å²) in [5.41, 5.74) is 1.15. The number of rotatable bonds is 4. The fraction of sp³-hybridized carbons (Fsp3) is 0.467. The minimum atomic E-state index is -0.852. The van der Waals surface area contributed by atoms with Gasteiger partial charge in [0.1, 0.15) is 5.75 Å². The number of aliphatic carboxylic acids is 1. The van der Waals surface area contributed by atoms with Crippen LogP contribution in [0.2, 0.25) is 0 Å². The normalized spacial score (nSPS) is 21.9. The van der Waals surface area contributed by atoms with E-state index < -0.39 is 11.4 Å². The highest BCUT2D eigenvalue weighted by molar-refractivity contribution is 6.02. The molecule has 1 unspecified atom stereocenters. The largest absolute Gasteiger partial charge is 0.497 e. The van der Waals surface area contributed by atoms with Gasteiger partial charge >= 0.3 is 5.97 Å². The maximum atomic E-state index is 12.5. The minimum absolute atomic E-state index is 0.0354. The summed E-state index contributed by atoms with van der Waals surface area (Å²) in [7, 11) is 1.60. The number of ketones is 1. The number of methoxy groups -OCH3 is 1. The summed E-state index contributed by atoms with van der Waals surface area (Å²) in [4.78, 5) is 23.2. The average molecular weight is 262 g/mol. The van der Waals surface area contributed by atoms with E-state index in [2.05, 4.69) is 0 Å². The average Bonchev–Trinajstić information content (AvgIpc) is 2.41. The van der Waals surface area contributed by atoms with Gasteiger partial charge in [-0.1, -0.05) is 6.92 Å². The third-order valence-electron chi connectivity index (χ3n) is 3.94. The van der Waals surface area contributed by atoms with Gasteiger partial charge in [0.05, 0.1) is 7.11 Å². The van der Waals surface area contributed by atoms with Crippen LogP contribution >= 0.6 is 0 Å². The molecule has 0 aliphatic heterocycles. The molecule has 0 radical (unpaired) electrons. The molecule has 0 saturated carbocycles. The van der Waals surface area contributed by atoms with E-state index >= 15 is 0 Å². The number of hydrogen-bond acceptors (Lipinski definition) is 3. The lowest BCUT2D eigenvalue weighted by Gasteiger charge is -2.33. The number of aryl methyl sites for hydroxylation is 1. The Bertz CT molecular complexity index is 521. The summed E-state index contributed by atoms with van der Waals surface area (Å²) in [5, 5.41) is 8.78. The van der Waals surface area contributed by atoms with Crippen molar-refractivity contribution in [1.82, 2.24) is 0 Å². The molecule has 4 heteroatoms. The van der Waals surface area contributed by atoms with Gasteiger partial charge in [-0.15, -0.1) is 0 Å². The zero-order valence-electron chi connectivity index (χ0n) is 11.2. The Morgan fingerprint density at radius 2 is 2.21 bits per heavy atom. The number of ether oxygens (including phenoxy) is 1. The van der Waals surface area contributed by atoms with Crippen LogP contribution in [0.15, 0.2) is 18.2 Å². The molecule has 19 heavy (non-hydrogen) atoms. The molecule has 1 aromatic rings. The van der Waals surface area contributed by atoms with E-state index in [0.717, 1.165) is 17.7 Å². The number of hydrogen-bond donors (Lipinski definition) is 1. The summed E-state index contributed by atoms with van der Waals surface area (Å²) in [6.45, 7) is 1.87. The van der Waals surface area contributed by atoms with E-state index in [1.54, 1.807) is 19.2 Å². The topological polar surface area (TPSA) is 63.6 Å². The van der Waals surface area contributed by atoms with Gasteiger partial charge in [0.2, 0.25) is 0 Å². The van der Waals surface area contributed by atoms with Gasteiger partial charge in [-0.2, -0.15) is 0 Å². The molecule has 0 bridgehead atoms. The van der Waals surface area contributed by atoms with Gasteiger partial charge in [-0.25, -0.2) is 0 Å². The highest BCUT2D eigenvalue weighted by Gasteiger charge is 2.38. The van der Waals surface area contributed by atoms with Crippen LogP contribution in [0, 0.1) is 5.41 Å². The van der Waals surface area contributed by atoms with Gasteiger partial charge in [0, 0.05) is 17.4 Å². The molecular formula is C15H18O4. The molecule has 0 heterocycles. The first-order chi connectivity index (χ1) is 8.96. The fourth-order valence-corrected chi connectivity index (χ4v) is 2.60.